The molecule has 3 aromatic rings. The van der Waals surface area contributed by atoms with Crippen molar-refractivity contribution in [1.82, 2.24) is 24.6 Å². The zero-order chi connectivity index (χ0) is 21.8. The van der Waals surface area contributed by atoms with Crippen LogP contribution in [0, 0.1) is 13.8 Å². The van der Waals surface area contributed by atoms with E-state index in [0.717, 1.165) is 17.1 Å². The number of para-hydroxylation sites is 1. The molecule has 4 rings (SSSR count). The number of hydrogen-bond donors (Lipinski definition) is 1. The van der Waals surface area contributed by atoms with Gasteiger partial charge >= 0.3 is 0 Å². The van der Waals surface area contributed by atoms with E-state index in [9.17, 15) is 9.59 Å². The normalized spacial score (nSPS) is 13.9. The topological polar surface area (TPSA) is 96.2 Å². The molecule has 0 aliphatic carbocycles. The molecule has 1 aromatic carbocycles. The van der Waals surface area contributed by atoms with Crippen LogP contribution in [0.3, 0.4) is 0 Å². The number of benzene rings is 1. The minimum absolute atomic E-state index is 0.0561. The summed E-state index contributed by atoms with van der Waals surface area (Å²) in [6.45, 7) is 6.62. The SMILES string of the molecule is Cc1cc(C)n(CC(=O)N2CCN(c3ccccc3C(=O)Nc3ccncn3)CC2)n1. The molecule has 1 fully saturated rings. The molecule has 9 nitrogen and oxygen atoms in total. The molecule has 1 saturated heterocycles. The smallest absolute Gasteiger partial charge is 0.258 e. The van der Waals surface area contributed by atoms with E-state index in [4.69, 9.17) is 0 Å². The third-order valence-electron chi connectivity index (χ3n) is 5.33. The molecule has 0 unspecified atom stereocenters. The summed E-state index contributed by atoms with van der Waals surface area (Å²) in [5.41, 5.74) is 3.31. The summed E-state index contributed by atoms with van der Waals surface area (Å²) in [6, 6.07) is 11.1. The summed E-state index contributed by atoms with van der Waals surface area (Å²) in [6.07, 6.45) is 2.97. The predicted octanol–water partition coefficient (Wildman–Crippen LogP) is 1.89. The third kappa shape index (κ3) is 4.71. The highest BCUT2D eigenvalue weighted by atomic mass is 16.2. The van der Waals surface area contributed by atoms with Crippen LogP contribution in [0.5, 0.6) is 0 Å². The Hall–Kier alpha value is -3.75. The molecule has 1 aliphatic heterocycles. The molecule has 0 spiro atoms. The summed E-state index contributed by atoms with van der Waals surface area (Å²) in [5.74, 6) is 0.285. The van der Waals surface area contributed by atoms with E-state index >= 15 is 0 Å². The van der Waals surface area contributed by atoms with Gasteiger partial charge in [-0.15, -0.1) is 0 Å². The van der Waals surface area contributed by atoms with E-state index in [2.05, 4.69) is 25.3 Å². The fourth-order valence-electron chi connectivity index (χ4n) is 3.75. The van der Waals surface area contributed by atoms with Gasteiger partial charge in [0.2, 0.25) is 5.91 Å². The van der Waals surface area contributed by atoms with Crippen LogP contribution in [0.15, 0.2) is 48.9 Å². The number of aryl methyl sites for hydroxylation is 2. The average Bonchev–Trinajstić information content (AvgIpc) is 3.11. The monoisotopic (exact) mass is 419 g/mol. The predicted molar refractivity (Wildman–Crippen MR) is 117 cm³/mol. The van der Waals surface area contributed by atoms with Crippen molar-refractivity contribution in [3.8, 4) is 0 Å². The Kier molecular flexibility index (Phi) is 5.92. The van der Waals surface area contributed by atoms with Crippen molar-refractivity contribution >= 4 is 23.3 Å². The number of carbonyl (C=O) groups excluding carboxylic acids is 2. The summed E-state index contributed by atoms with van der Waals surface area (Å²) in [7, 11) is 0. The number of nitrogens with one attached hydrogen (secondary N) is 1. The first kappa shape index (κ1) is 20.5. The van der Waals surface area contributed by atoms with Crippen LogP contribution >= 0.6 is 0 Å². The zero-order valence-corrected chi connectivity index (χ0v) is 17.7. The largest absolute Gasteiger partial charge is 0.367 e. The number of rotatable bonds is 5. The van der Waals surface area contributed by atoms with Gasteiger partial charge in [-0.2, -0.15) is 5.10 Å². The molecule has 0 atom stereocenters. The fourth-order valence-corrected chi connectivity index (χ4v) is 3.75. The van der Waals surface area contributed by atoms with Crippen LogP contribution in [0.4, 0.5) is 11.5 Å². The highest BCUT2D eigenvalue weighted by molar-refractivity contribution is 6.07. The van der Waals surface area contributed by atoms with Gasteiger partial charge in [-0.25, -0.2) is 9.97 Å². The number of carbonyl (C=O) groups is 2. The van der Waals surface area contributed by atoms with Crippen LogP contribution in [0.1, 0.15) is 21.7 Å². The minimum atomic E-state index is -0.225. The highest BCUT2D eigenvalue weighted by Crippen LogP contribution is 2.23. The van der Waals surface area contributed by atoms with E-state index < -0.39 is 0 Å². The number of anilines is 2. The molecule has 160 valence electrons. The lowest BCUT2D eigenvalue weighted by Crippen LogP contribution is -2.50. The molecule has 31 heavy (non-hydrogen) atoms. The maximum absolute atomic E-state index is 12.8. The van der Waals surface area contributed by atoms with Crippen LogP contribution in [-0.2, 0) is 11.3 Å². The first-order chi connectivity index (χ1) is 15.0. The Balaban J connectivity index is 1.40. The van der Waals surface area contributed by atoms with E-state index in [1.807, 2.05) is 43.0 Å². The molecule has 2 amide bonds. The van der Waals surface area contributed by atoms with Crippen molar-refractivity contribution in [1.29, 1.82) is 0 Å². The molecule has 3 heterocycles. The maximum atomic E-state index is 12.8. The Morgan fingerprint density at radius 2 is 1.84 bits per heavy atom. The van der Waals surface area contributed by atoms with Gasteiger partial charge < -0.3 is 15.1 Å². The lowest BCUT2D eigenvalue weighted by atomic mass is 10.1. The second-order valence-electron chi connectivity index (χ2n) is 7.52. The summed E-state index contributed by atoms with van der Waals surface area (Å²) < 4.78 is 1.75. The second kappa shape index (κ2) is 8.95. The zero-order valence-electron chi connectivity index (χ0n) is 17.7. The maximum Gasteiger partial charge on any atom is 0.258 e. The second-order valence-corrected chi connectivity index (χ2v) is 7.52. The molecule has 1 N–H and O–H groups in total. The summed E-state index contributed by atoms with van der Waals surface area (Å²) in [5, 5.41) is 7.19. The van der Waals surface area contributed by atoms with Crippen molar-refractivity contribution in [2.45, 2.75) is 20.4 Å². The summed E-state index contributed by atoms with van der Waals surface area (Å²) in [4.78, 5) is 37.4. The molecule has 0 saturated carbocycles. The summed E-state index contributed by atoms with van der Waals surface area (Å²) >= 11 is 0. The molecular weight excluding hydrogens is 394 g/mol. The van der Waals surface area contributed by atoms with Gasteiger partial charge in [0.25, 0.3) is 5.91 Å². The molecule has 9 heteroatoms. The lowest BCUT2D eigenvalue weighted by molar-refractivity contribution is -0.132. The number of hydrogen-bond acceptors (Lipinski definition) is 6. The Labute approximate surface area is 180 Å². The van der Waals surface area contributed by atoms with Crippen molar-refractivity contribution < 1.29 is 9.59 Å². The Morgan fingerprint density at radius 1 is 1.06 bits per heavy atom. The van der Waals surface area contributed by atoms with Gasteiger partial charge in [0, 0.05) is 43.8 Å². The van der Waals surface area contributed by atoms with Crippen molar-refractivity contribution in [3.05, 3.63) is 65.9 Å². The lowest BCUT2D eigenvalue weighted by Gasteiger charge is -2.37. The number of nitrogens with zero attached hydrogens (tertiary/aromatic N) is 6. The van der Waals surface area contributed by atoms with Gasteiger partial charge in [0.05, 0.1) is 11.3 Å². The van der Waals surface area contributed by atoms with Gasteiger partial charge in [-0.05, 0) is 38.1 Å². The quantitative estimate of drug-likeness (QED) is 0.679. The van der Waals surface area contributed by atoms with Gasteiger partial charge in [0.15, 0.2) is 0 Å². The first-order valence-electron chi connectivity index (χ1n) is 10.2. The number of amides is 2. The average molecular weight is 419 g/mol. The van der Waals surface area contributed by atoms with Crippen molar-refractivity contribution in [3.63, 3.8) is 0 Å². The first-order valence-corrected chi connectivity index (χ1v) is 10.2. The third-order valence-corrected chi connectivity index (χ3v) is 5.33. The van der Waals surface area contributed by atoms with Crippen LogP contribution < -0.4 is 10.2 Å². The molecule has 0 bridgehead atoms. The van der Waals surface area contributed by atoms with E-state index in [1.165, 1.54) is 6.33 Å². The molecule has 1 aliphatic rings. The van der Waals surface area contributed by atoms with E-state index in [-0.39, 0.29) is 18.4 Å². The standard InChI is InChI=1S/C22H25N7O2/c1-16-13-17(2)29(26-16)14-21(30)28-11-9-27(10-12-28)19-6-4-3-5-18(19)22(31)25-20-7-8-23-15-24-20/h3-8,13,15H,9-12,14H2,1-2H3,(H,23,24,25,31). The fraction of sp³-hybridized carbons (Fsp3) is 0.318. The van der Waals surface area contributed by atoms with Gasteiger partial charge in [-0.1, -0.05) is 12.1 Å². The molecule has 2 aromatic heterocycles. The van der Waals surface area contributed by atoms with Crippen molar-refractivity contribution in [2.24, 2.45) is 0 Å². The van der Waals surface area contributed by atoms with Crippen LogP contribution in [0.25, 0.3) is 0 Å². The highest BCUT2D eigenvalue weighted by Gasteiger charge is 2.24. The Morgan fingerprint density at radius 3 is 2.52 bits per heavy atom. The molecular formula is C22H25N7O2. The Bertz CT molecular complexity index is 1070. The number of piperazine rings is 1. The van der Waals surface area contributed by atoms with E-state index in [0.29, 0.717) is 37.6 Å². The molecule has 0 radical (unpaired) electrons. The van der Waals surface area contributed by atoms with Crippen molar-refractivity contribution in [2.75, 3.05) is 36.4 Å². The minimum Gasteiger partial charge on any atom is -0.367 e. The van der Waals surface area contributed by atoms with Gasteiger partial charge in [0.1, 0.15) is 18.7 Å². The number of aromatic nitrogens is 4. The van der Waals surface area contributed by atoms with Gasteiger partial charge in [-0.3, -0.25) is 14.3 Å². The van der Waals surface area contributed by atoms with Crippen LogP contribution in [-0.4, -0.2) is 62.6 Å². The van der Waals surface area contributed by atoms with Crippen LogP contribution in [0.2, 0.25) is 0 Å². The van der Waals surface area contributed by atoms with E-state index in [1.54, 1.807) is 23.0 Å².